The average Bonchev–Trinajstić information content (AvgIpc) is 2.36. The zero-order valence-electron chi connectivity index (χ0n) is 11.8. The quantitative estimate of drug-likeness (QED) is 0.816. The van der Waals surface area contributed by atoms with Crippen LogP contribution in [0.5, 0.6) is 0 Å². The zero-order chi connectivity index (χ0) is 16.5. The minimum Gasteiger partial charge on any atom is -0.275 e. The van der Waals surface area contributed by atoms with Crippen molar-refractivity contribution in [1.29, 1.82) is 0 Å². The summed E-state index contributed by atoms with van der Waals surface area (Å²) >= 11 is 3.30. The number of benzene rings is 1. The molecule has 7 nitrogen and oxygen atoms in total. The molecule has 1 aromatic carbocycles. The summed E-state index contributed by atoms with van der Waals surface area (Å²) in [6.07, 6.45) is 0. The highest BCUT2D eigenvalue weighted by molar-refractivity contribution is 9.10. The molecule has 0 spiro atoms. The van der Waals surface area contributed by atoms with Crippen LogP contribution >= 0.6 is 15.9 Å². The second-order valence-corrected chi connectivity index (χ2v) is 7.58. The van der Waals surface area contributed by atoms with Crippen molar-refractivity contribution in [1.82, 2.24) is 10.0 Å². The number of carbonyl (C=O) groups excluding carboxylic acids is 2. The molecule has 2 rings (SSSR count). The second kappa shape index (κ2) is 6.27. The molecule has 2 N–H and O–H groups in total. The smallest absolute Gasteiger partial charge is 0.275 e. The largest absolute Gasteiger partial charge is 0.347 e. The molecule has 0 aliphatic carbocycles. The molecule has 0 radical (unpaired) electrons. The lowest BCUT2D eigenvalue weighted by Gasteiger charge is -2.22. The van der Waals surface area contributed by atoms with E-state index >= 15 is 0 Å². The molecule has 1 aliphatic rings. The van der Waals surface area contributed by atoms with Gasteiger partial charge in [-0.15, -0.1) is 0 Å². The highest BCUT2D eigenvalue weighted by atomic mass is 79.9. The van der Waals surface area contributed by atoms with Crippen molar-refractivity contribution in [2.45, 2.75) is 25.1 Å². The zero-order valence-corrected chi connectivity index (χ0v) is 14.2. The first-order valence-electron chi connectivity index (χ1n) is 6.37. The van der Waals surface area contributed by atoms with Crippen molar-refractivity contribution >= 4 is 43.6 Å². The van der Waals surface area contributed by atoms with Crippen LogP contribution in [0.15, 0.2) is 33.7 Å². The molecule has 1 aromatic rings. The summed E-state index contributed by atoms with van der Waals surface area (Å²) in [5, 5.41) is 0.385. The fourth-order valence-electron chi connectivity index (χ4n) is 2.11. The Bertz CT molecular complexity index is 743. The fraction of sp³-hybridized carbons (Fsp3) is 0.308. The molecular weight excluding hydrogens is 374 g/mol. The van der Waals surface area contributed by atoms with Gasteiger partial charge in [0.25, 0.3) is 5.91 Å². The summed E-state index contributed by atoms with van der Waals surface area (Å²) in [4.78, 5) is 26.4. The van der Waals surface area contributed by atoms with Gasteiger partial charge in [0.05, 0.1) is 0 Å². The van der Waals surface area contributed by atoms with Gasteiger partial charge in [0.15, 0.2) is 5.25 Å². The number of nitrogens with zero attached hydrogens (tertiary/aromatic N) is 1. The summed E-state index contributed by atoms with van der Waals surface area (Å²) in [5.41, 5.74) is 0.693. The minimum absolute atomic E-state index is 0.0516. The molecular formula is C13H14BrN3O4S. The molecule has 2 atom stereocenters. The van der Waals surface area contributed by atoms with Gasteiger partial charge in [0.1, 0.15) is 0 Å². The number of sulfonamides is 1. The van der Waals surface area contributed by atoms with E-state index < -0.39 is 33.3 Å². The number of amides is 3. The van der Waals surface area contributed by atoms with Gasteiger partial charge in [-0.2, -0.15) is 0 Å². The standard InChI is InChI=1S/C13H14BrN3O4S/c1-7(9-3-5-10(14)6-4-9)17-22(20,21)11-8(2)15-13(19)16-12(11)18/h3-7,11,17H,1-2H3,(H,16,18,19). The van der Waals surface area contributed by atoms with Crippen LogP contribution in [-0.2, 0) is 14.8 Å². The number of nitrogens with one attached hydrogen (secondary N) is 2. The average molecular weight is 388 g/mol. The van der Waals surface area contributed by atoms with Crippen molar-refractivity contribution < 1.29 is 18.0 Å². The van der Waals surface area contributed by atoms with Crippen LogP contribution in [-0.4, -0.2) is 31.3 Å². The maximum absolute atomic E-state index is 12.4. The molecule has 0 bridgehead atoms. The van der Waals surface area contributed by atoms with Gasteiger partial charge < -0.3 is 0 Å². The minimum atomic E-state index is -4.02. The van der Waals surface area contributed by atoms with E-state index in [1.807, 2.05) is 5.32 Å². The Balaban J connectivity index is 2.24. The lowest BCUT2D eigenvalue weighted by molar-refractivity contribution is -0.118. The summed E-state index contributed by atoms with van der Waals surface area (Å²) in [5.74, 6) is -0.895. The molecule has 0 saturated carbocycles. The molecule has 0 aromatic heterocycles. The third kappa shape index (κ3) is 3.60. The topological polar surface area (TPSA) is 105 Å². The summed E-state index contributed by atoms with van der Waals surface area (Å²) in [6.45, 7) is 3.00. The second-order valence-electron chi connectivity index (χ2n) is 4.86. The molecule has 0 saturated heterocycles. The summed E-state index contributed by atoms with van der Waals surface area (Å²) in [6, 6.07) is 5.73. The predicted octanol–water partition coefficient (Wildman–Crippen LogP) is 1.51. The number of halogens is 1. The van der Waals surface area contributed by atoms with Gasteiger partial charge in [-0.05, 0) is 31.5 Å². The van der Waals surface area contributed by atoms with Crippen molar-refractivity contribution in [2.24, 2.45) is 4.99 Å². The number of rotatable bonds is 4. The third-order valence-electron chi connectivity index (χ3n) is 3.15. The third-order valence-corrected chi connectivity index (χ3v) is 5.53. The molecule has 9 heteroatoms. The number of carbonyl (C=O) groups is 2. The van der Waals surface area contributed by atoms with E-state index in [9.17, 15) is 18.0 Å². The van der Waals surface area contributed by atoms with Crippen LogP contribution in [0.25, 0.3) is 0 Å². The molecule has 22 heavy (non-hydrogen) atoms. The number of hydrogen-bond acceptors (Lipinski definition) is 4. The molecule has 118 valence electrons. The van der Waals surface area contributed by atoms with Crippen molar-refractivity contribution in [3.63, 3.8) is 0 Å². The molecule has 1 heterocycles. The van der Waals surface area contributed by atoms with Gasteiger partial charge in [0.2, 0.25) is 10.0 Å². The summed E-state index contributed by atoms with van der Waals surface area (Å²) < 4.78 is 28.1. The Morgan fingerprint density at radius 2 is 1.86 bits per heavy atom. The Labute approximate surface area is 136 Å². The Kier molecular flexibility index (Phi) is 4.78. The number of imide groups is 1. The van der Waals surface area contributed by atoms with Gasteiger partial charge >= 0.3 is 6.03 Å². The monoisotopic (exact) mass is 387 g/mol. The number of hydrogen-bond donors (Lipinski definition) is 2. The van der Waals surface area contributed by atoms with Crippen molar-refractivity contribution in [3.05, 3.63) is 34.3 Å². The summed E-state index contributed by atoms with van der Waals surface area (Å²) in [7, 11) is -4.02. The van der Waals surface area contributed by atoms with E-state index in [4.69, 9.17) is 0 Å². The van der Waals surface area contributed by atoms with Crippen LogP contribution in [0, 0.1) is 0 Å². The maximum atomic E-state index is 12.4. The molecule has 3 amide bonds. The van der Waals surface area contributed by atoms with E-state index in [-0.39, 0.29) is 5.71 Å². The van der Waals surface area contributed by atoms with Crippen LogP contribution in [0.4, 0.5) is 4.79 Å². The molecule has 0 fully saturated rings. The normalized spacial score (nSPS) is 20.3. The van der Waals surface area contributed by atoms with E-state index in [2.05, 4.69) is 25.6 Å². The first-order chi connectivity index (χ1) is 10.2. The van der Waals surface area contributed by atoms with E-state index in [1.165, 1.54) is 6.92 Å². The molecule has 2 unspecified atom stereocenters. The van der Waals surface area contributed by atoms with Gasteiger partial charge in [-0.25, -0.2) is 22.9 Å². The van der Waals surface area contributed by atoms with Crippen LogP contribution in [0.3, 0.4) is 0 Å². The van der Waals surface area contributed by atoms with E-state index in [0.717, 1.165) is 10.0 Å². The number of urea groups is 1. The highest BCUT2D eigenvalue weighted by Crippen LogP contribution is 2.19. The fourth-order valence-corrected chi connectivity index (χ4v) is 3.98. The van der Waals surface area contributed by atoms with Gasteiger partial charge in [0, 0.05) is 16.2 Å². The highest BCUT2D eigenvalue weighted by Gasteiger charge is 2.39. The number of aliphatic imine (C=N–C) groups is 1. The van der Waals surface area contributed by atoms with E-state index in [1.54, 1.807) is 31.2 Å². The van der Waals surface area contributed by atoms with Crippen LogP contribution in [0.1, 0.15) is 25.5 Å². The lowest BCUT2D eigenvalue weighted by Crippen LogP contribution is -2.53. The first kappa shape index (κ1) is 16.8. The Morgan fingerprint density at radius 3 is 2.41 bits per heavy atom. The Hall–Kier alpha value is -1.58. The van der Waals surface area contributed by atoms with Crippen molar-refractivity contribution in [3.8, 4) is 0 Å². The Morgan fingerprint density at radius 1 is 1.27 bits per heavy atom. The SMILES string of the molecule is CC1=NC(=O)NC(=O)C1S(=O)(=O)NC(C)c1ccc(Br)cc1. The van der Waals surface area contributed by atoms with Gasteiger partial charge in [-0.1, -0.05) is 28.1 Å². The first-order valence-corrected chi connectivity index (χ1v) is 8.71. The van der Waals surface area contributed by atoms with Crippen molar-refractivity contribution in [2.75, 3.05) is 0 Å². The maximum Gasteiger partial charge on any atom is 0.347 e. The van der Waals surface area contributed by atoms with E-state index in [0.29, 0.717) is 0 Å². The lowest BCUT2D eigenvalue weighted by atomic mass is 10.1. The van der Waals surface area contributed by atoms with Gasteiger partial charge in [-0.3, -0.25) is 10.1 Å². The van der Waals surface area contributed by atoms with Crippen LogP contribution in [0.2, 0.25) is 0 Å². The van der Waals surface area contributed by atoms with Crippen LogP contribution < -0.4 is 10.0 Å². The predicted molar refractivity (Wildman–Crippen MR) is 85.0 cm³/mol. The molecule has 1 aliphatic heterocycles.